The van der Waals surface area contributed by atoms with Gasteiger partial charge in [0, 0.05) is 13.1 Å². The van der Waals surface area contributed by atoms with Crippen LogP contribution in [0.5, 0.6) is 0 Å². The Bertz CT molecular complexity index is 812. The number of hydrogen-bond acceptors (Lipinski definition) is 5. The number of esters is 1. The Morgan fingerprint density at radius 2 is 0.817 bits per heavy atom. The molecule has 6 heteroatoms. The fourth-order valence-corrected chi connectivity index (χ4v) is 8.13. The third kappa shape index (κ3) is 50.8. The van der Waals surface area contributed by atoms with Crippen molar-refractivity contribution in [3.05, 3.63) is 6.92 Å². The minimum absolute atomic E-state index is 0. The van der Waals surface area contributed by atoms with Crippen molar-refractivity contribution in [2.75, 3.05) is 46.9 Å². The first-order valence-corrected chi connectivity index (χ1v) is 26.6. The summed E-state index contributed by atoms with van der Waals surface area (Å²) in [7, 11) is 4.37. The summed E-state index contributed by atoms with van der Waals surface area (Å²) in [5.41, 5.74) is 0. The molecular weight excluding hydrogens is 963 g/mol. The molecule has 0 aliphatic rings. The van der Waals surface area contributed by atoms with Crippen molar-refractivity contribution in [2.24, 2.45) is 11.8 Å². The quantitative estimate of drug-likeness (QED) is 0.0345. The number of ether oxygens (including phenoxy) is 1. The first-order valence-electron chi connectivity index (χ1n) is 26.6. The van der Waals surface area contributed by atoms with Crippen LogP contribution in [-0.4, -0.2) is 68.9 Å². The summed E-state index contributed by atoms with van der Waals surface area (Å²) >= 11 is 0. The summed E-state index contributed by atoms with van der Waals surface area (Å²) in [6.45, 7) is 18.4. The van der Waals surface area contributed by atoms with Gasteiger partial charge in [-0.3, -0.25) is 11.1 Å². The average Bonchev–Trinajstić information content (AvgIpc) is 3.23. The molecule has 0 saturated carbocycles. The molecule has 0 fully saturated rings. The van der Waals surface area contributed by atoms with E-state index in [-0.39, 0.29) is 48.9 Å². The molecule has 0 N–H and O–H groups in total. The van der Waals surface area contributed by atoms with Gasteiger partial charge in [-0.25, -0.2) is 0 Å². The van der Waals surface area contributed by atoms with Crippen LogP contribution >= 0.6 is 0 Å². The smallest absolute Gasteiger partial charge is 0.542 e. The molecule has 60 heavy (non-hydrogen) atoms. The molecule has 0 rings (SSSR count). The second-order valence-electron chi connectivity index (χ2n) is 18.6. The van der Waals surface area contributed by atoms with Crippen molar-refractivity contribution in [1.29, 1.82) is 0 Å². The Balaban J connectivity index is -0.00000151. The van der Waals surface area contributed by atoms with Gasteiger partial charge in [-0.2, -0.15) is 6.42 Å². The van der Waals surface area contributed by atoms with Crippen LogP contribution in [0.1, 0.15) is 272 Å². The normalized spacial score (nSPS) is 12.3. The van der Waals surface area contributed by atoms with Crippen molar-refractivity contribution in [3.63, 3.8) is 0 Å². The van der Waals surface area contributed by atoms with E-state index >= 15 is 0 Å². The molecule has 0 aromatic carbocycles. The Kier molecular flexibility index (Phi) is 59.3. The largest absolute Gasteiger partial charge is 2.00 e. The third-order valence-corrected chi connectivity index (χ3v) is 12.3. The van der Waals surface area contributed by atoms with E-state index in [0.29, 0.717) is 6.61 Å². The molecule has 0 spiro atoms. The number of carbonyl (C=O) groups is 1. The first kappa shape index (κ1) is 64.4. The average molecular weight is 1070 g/mol. The summed E-state index contributed by atoms with van der Waals surface area (Å²) < 4.78 is 5.78. The standard InChI is InChI=1S/C38H77N2O2.C16H31O.U/c1-6-9-12-15-18-22-27-32-40(35-34-39(4)5)33-28-23-19-17-20-24-29-36-42-38(41)37(30-25-14-11-8-3)31-26-21-16-13-10-7-2;1-3-5-7-9-10-12-14-16(15-17)13-11-8-6-4-2;/h37H,1,6-36H2,2-5H3;16H,3-14H2,1-2H3;/q2*-1;+2. The van der Waals surface area contributed by atoms with Gasteiger partial charge < -0.3 is 26.3 Å². The predicted molar refractivity (Wildman–Crippen MR) is 262 cm³/mol. The number of unbranched alkanes of at least 4 members (excludes halogenated alkanes) is 28. The fourth-order valence-electron chi connectivity index (χ4n) is 8.13. The van der Waals surface area contributed by atoms with Crippen molar-refractivity contribution in [1.82, 2.24) is 9.80 Å². The van der Waals surface area contributed by atoms with Gasteiger partial charge in [0.25, 0.3) is 0 Å². The van der Waals surface area contributed by atoms with Crippen LogP contribution in [0.2, 0.25) is 0 Å². The summed E-state index contributed by atoms with van der Waals surface area (Å²) in [6.07, 6.45) is 50.2. The maximum absolute atomic E-state index is 12.8. The zero-order chi connectivity index (χ0) is 43.7. The third-order valence-electron chi connectivity index (χ3n) is 12.3. The SMILES string of the molecule is CCCCCCCCC([C-]=O)CCCCCC.[CH2-]CCCCCCCCN(CCCCCCCCCOC(=O)C(CCCCCC)CCCCCCCC)CCN(C)C.[U+2]. The minimum atomic E-state index is 0. The number of carbonyl (C=O) groups excluding carboxylic acids is 2. The van der Waals surface area contributed by atoms with Crippen LogP contribution in [0.25, 0.3) is 0 Å². The Hall–Kier alpha value is 0.112. The molecule has 0 amide bonds. The summed E-state index contributed by atoms with van der Waals surface area (Å²) in [6, 6.07) is 0. The van der Waals surface area contributed by atoms with E-state index in [1.54, 1.807) is 0 Å². The summed E-state index contributed by atoms with van der Waals surface area (Å²) in [5.74, 6) is 0.444. The van der Waals surface area contributed by atoms with Gasteiger partial charge in [-0.1, -0.05) is 233 Å². The van der Waals surface area contributed by atoms with Crippen molar-refractivity contribution >= 4 is 12.3 Å². The van der Waals surface area contributed by atoms with Gasteiger partial charge >= 0.3 is 37.1 Å². The van der Waals surface area contributed by atoms with Crippen molar-refractivity contribution in [3.8, 4) is 0 Å². The molecule has 5 nitrogen and oxygen atoms in total. The van der Waals surface area contributed by atoms with Gasteiger partial charge in [-0.15, -0.1) is 5.92 Å². The van der Waals surface area contributed by atoms with Crippen LogP contribution < -0.4 is 0 Å². The minimum Gasteiger partial charge on any atom is -0.542 e. The molecular formula is C54H108N2O3U. The monoisotopic (exact) mass is 1070 g/mol. The zero-order valence-electron chi connectivity index (χ0n) is 41.9. The summed E-state index contributed by atoms with van der Waals surface area (Å²) in [5, 5.41) is 0. The fraction of sp³-hybridized carbons (Fsp3) is 0.944. The van der Waals surface area contributed by atoms with Gasteiger partial charge in [0.1, 0.15) is 0 Å². The first-order chi connectivity index (χ1) is 28.9. The van der Waals surface area contributed by atoms with Crippen LogP contribution in [0.15, 0.2) is 0 Å². The molecule has 0 aromatic heterocycles. The molecule has 0 aliphatic heterocycles. The van der Waals surface area contributed by atoms with Crippen LogP contribution in [0.3, 0.4) is 0 Å². The maximum atomic E-state index is 12.8. The van der Waals surface area contributed by atoms with Gasteiger partial charge in [0.05, 0.1) is 12.5 Å². The van der Waals surface area contributed by atoms with Gasteiger partial charge in [0.2, 0.25) is 0 Å². The second kappa shape index (κ2) is 55.2. The number of likely N-dealkylation sites (N-methyl/N-ethyl adjacent to an activating group) is 1. The molecule has 356 valence electrons. The number of hydrogen-bond donors (Lipinski definition) is 0. The number of rotatable bonds is 47. The van der Waals surface area contributed by atoms with E-state index in [1.807, 2.05) is 0 Å². The molecule has 0 saturated heterocycles. The Labute approximate surface area is 402 Å². The molecule has 0 aliphatic carbocycles. The van der Waals surface area contributed by atoms with Crippen LogP contribution in [0, 0.1) is 49.9 Å². The topological polar surface area (TPSA) is 49.9 Å². The van der Waals surface area contributed by atoms with Crippen molar-refractivity contribution in [2.45, 2.75) is 272 Å². The predicted octanol–water partition coefficient (Wildman–Crippen LogP) is 16.5. The molecule has 2 atom stereocenters. The number of nitrogens with zero attached hydrogens (tertiary/aromatic N) is 2. The molecule has 2 unspecified atom stereocenters. The second-order valence-corrected chi connectivity index (χ2v) is 18.6. The molecule has 0 bridgehead atoms. The summed E-state index contributed by atoms with van der Waals surface area (Å²) in [4.78, 5) is 28.6. The van der Waals surface area contributed by atoms with Gasteiger partial charge in [0.15, 0.2) is 0 Å². The van der Waals surface area contributed by atoms with Crippen molar-refractivity contribution < 1.29 is 45.4 Å². The van der Waals surface area contributed by atoms with Crippen LogP contribution in [0.4, 0.5) is 0 Å². The molecule has 0 heterocycles. The van der Waals surface area contributed by atoms with E-state index in [2.05, 4.69) is 64.8 Å². The molecule has 0 aromatic rings. The van der Waals surface area contributed by atoms with E-state index in [1.165, 1.54) is 225 Å². The van der Waals surface area contributed by atoms with Gasteiger partial charge in [-0.05, 0) is 59.3 Å². The Morgan fingerprint density at radius 3 is 1.22 bits per heavy atom. The van der Waals surface area contributed by atoms with E-state index in [9.17, 15) is 9.59 Å². The maximum Gasteiger partial charge on any atom is 2.00 e. The Morgan fingerprint density at radius 1 is 0.467 bits per heavy atom. The van der Waals surface area contributed by atoms with E-state index < -0.39 is 0 Å². The van der Waals surface area contributed by atoms with E-state index in [4.69, 9.17) is 4.74 Å². The van der Waals surface area contributed by atoms with Crippen LogP contribution in [-0.2, 0) is 14.3 Å². The zero-order valence-corrected chi connectivity index (χ0v) is 46.1. The molecule has 0 radical (unpaired) electrons. The van der Waals surface area contributed by atoms with E-state index in [0.717, 1.165) is 45.1 Å².